The first-order chi connectivity index (χ1) is 15.4. The highest BCUT2D eigenvalue weighted by Gasteiger charge is 2.35. The van der Waals surface area contributed by atoms with E-state index >= 15 is 0 Å². The molecule has 0 aliphatic carbocycles. The summed E-state index contributed by atoms with van der Waals surface area (Å²) in [7, 11) is 1.60. The minimum absolute atomic E-state index is 0.291. The van der Waals surface area contributed by atoms with Crippen molar-refractivity contribution in [3.05, 3.63) is 47.0 Å². The van der Waals surface area contributed by atoms with Gasteiger partial charge in [-0.1, -0.05) is 36.7 Å². The van der Waals surface area contributed by atoms with Crippen molar-refractivity contribution in [2.24, 2.45) is 5.92 Å². The van der Waals surface area contributed by atoms with Crippen LogP contribution in [0.15, 0.2) is 36.4 Å². The number of carboxylic acids is 1. The number of anilines is 1. The zero-order valence-corrected chi connectivity index (χ0v) is 19.3. The van der Waals surface area contributed by atoms with Crippen LogP contribution in [-0.2, 0) is 4.79 Å². The smallest absolute Gasteiger partial charge is 0.326 e. The summed E-state index contributed by atoms with van der Waals surface area (Å²) >= 11 is 6.58. The van der Waals surface area contributed by atoms with Gasteiger partial charge < -0.3 is 19.6 Å². The van der Waals surface area contributed by atoms with Crippen LogP contribution in [0.4, 0.5) is 5.69 Å². The minimum atomic E-state index is -0.965. The molecule has 4 rings (SSSR count). The Labute approximate surface area is 193 Å². The third-order valence-electron chi connectivity index (χ3n) is 6.60. The largest absolute Gasteiger partial charge is 0.495 e. The molecule has 2 aliphatic rings. The molecule has 2 aromatic rings. The Kier molecular flexibility index (Phi) is 6.60. The first-order valence-electron chi connectivity index (χ1n) is 11.2. The molecule has 0 aromatic heterocycles. The minimum Gasteiger partial charge on any atom is -0.495 e. The number of carbonyl (C=O) groups excluding carboxylic acids is 1. The third kappa shape index (κ3) is 4.29. The molecule has 2 aromatic carbocycles. The second-order valence-corrected chi connectivity index (χ2v) is 9.13. The van der Waals surface area contributed by atoms with Gasteiger partial charge in [0, 0.05) is 41.3 Å². The van der Waals surface area contributed by atoms with E-state index in [4.69, 9.17) is 16.3 Å². The fraction of sp³-hybridized carbons (Fsp3) is 0.440. The summed E-state index contributed by atoms with van der Waals surface area (Å²) in [6.45, 7) is 4.50. The maximum absolute atomic E-state index is 13.4. The van der Waals surface area contributed by atoms with Gasteiger partial charge >= 0.3 is 5.97 Å². The summed E-state index contributed by atoms with van der Waals surface area (Å²) < 4.78 is 5.78. The van der Waals surface area contributed by atoms with E-state index in [2.05, 4.69) is 11.8 Å². The van der Waals surface area contributed by atoms with Gasteiger partial charge in [-0.05, 0) is 49.8 Å². The van der Waals surface area contributed by atoms with Crippen LogP contribution in [0.1, 0.15) is 43.0 Å². The molecule has 2 fully saturated rings. The van der Waals surface area contributed by atoms with Crippen molar-refractivity contribution in [1.82, 2.24) is 4.90 Å². The number of nitrogens with zero attached hydrogens (tertiary/aromatic N) is 2. The molecule has 170 valence electrons. The van der Waals surface area contributed by atoms with E-state index in [0.717, 1.165) is 42.7 Å². The highest BCUT2D eigenvalue weighted by Crippen LogP contribution is 2.44. The SMILES string of the molecule is COc1cc(C(=O)N2CCCC2C(=O)O)cc(-c2ccccc2Cl)c1N1CCC(C)CC1. The number of piperidine rings is 1. The van der Waals surface area contributed by atoms with E-state index in [0.29, 0.717) is 41.6 Å². The maximum Gasteiger partial charge on any atom is 0.326 e. The van der Waals surface area contributed by atoms with Gasteiger partial charge in [-0.15, -0.1) is 0 Å². The summed E-state index contributed by atoms with van der Waals surface area (Å²) in [6, 6.07) is 10.4. The molecule has 1 amide bonds. The second kappa shape index (κ2) is 9.41. The summed E-state index contributed by atoms with van der Waals surface area (Å²) in [5, 5.41) is 10.1. The number of likely N-dealkylation sites (tertiary alicyclic amines) is 1. The second-order valence-electron chi connectivity index (χ2n) is 8.72. The number of ether oxygens (including phenoxy) is 1. The van der Waals surface area contributed by atoms with E-state index in [1.165, 1.54) is 4.90 Å². The molecule has 1 N–H and O–H groups in total. The summed E-state index contributed by atoms with van der Waals surface area (Å²) in [5.41, 5.74) is 3.00. The van der Waals surface area contributed by atoms with Gasteiger partial charge in [0.15, 0.2) is 0 Å². The molecule has 0 radical (unpaired) electrons. The van der Waals surface area contributed by atoms with Gasteiger partial charge in [-0.3, -0.25) is 4.79 Å². The predicted molar refractivity (Wildman–Crippen MR) is 126 cm³/mol. The molecule has 2 heterocycles. The van der Waals surface area contributed by atoms with Crippen molar-refractivity contribution < 1.29 is 19.4 Å². The topological polar surface area (TPSA) is 70.1 Å². The summed E-state index contributed by atoms with van der Waals surface area (Å²) in [5.74, 6) is 0.0184. The molecule has 0 bridgehead atoms. The molecule has 1 unspecified atom stereocenters. The van der Waals surface area contributed by atoms with E-state index in [1.807, 2.05) is 30.3 Å². The van der Waals surface area contributed by atoms with E-state index in [9.17, 15) is 14.7 Å². The number of carboxylic acid groups (broad SMARTS) is 1. The van der Waals surface area contributed by atoms with Gasteiger partial charge in [0.1, 0.15) is 11.8 Å². The Morgan fingerprint density at radius 1 is 1.06 bits per heavy atom. The zero-order valence-electron chi connectivity index (χ0n) is 18.5. The molecule has 32 heavy (non-hydrogen) atoms. The lowest BCUT2D eigenvalue weighted by atomic mass is 9.94. The molecule has 1 atom stereocenters. The lowest BCUT2D eigenvalue weighted by Gasteiger charge is -2.35. The maximum atomic E-state index is 13.4. The van der Waals surface area contributed by atoms with E-state index in [-0.39, 0.29) is 5.91 Å². The number of halogens is 1. The molecular formula is C25H29ClN2O4. The highest BCUT2D eigenvalue weighted by atomic mass is 35.5. The van der Waals surface area contributed by atoms with Gasteiger partial charge in [0.2, 0.25) is 0 Å². The lowest BCUT2D eigenvalue weighted by molar-refractivity contribution is -0.141. The Balaban J connectivity index is 1.83. The first kappa shape index (κ1) is 22.5. The number of carbonyl (C=O) groups is 2. The number of aliphatic carboxylic acids is 1. The van der Waals surface area contributed by atoms with Crippen molar-refractivity contribution in [3.63, 3.8) is 0 Å². The van der Waals surface area contributed by atoms with Crippen LogP contribution in [0, 0.1) is 5.92 Å². The average Bonchev–Trinajstić information content (AvgIpc) is 3.29. The third-order valence-corrected chi connectivity index (χ3v) is 6.93. The molecule has 0 spiro atoms. The quantitative estimate of drug-likeness (QED) is 0.690. The van der Waals surface area contributed by atoms with Gasteiger partial charge in [-0.2, -0.15) is 0 Å². The monoisotopic (exact) mass is 456 g/mol. The van der Waals surface area contributed by atoms with Crippen molar-refractivity contribution in [2.75, 3.05) is 31.6 Å². The summed E-state index contributed by atoms with van der Waals surface area (Å²) in [6.07, 6.45) is 3.32. The lowest BCUT2D eigenvalue weighted by Crippen LogP contribution is -2.40. The first-order valence-corrected chi connectivity index (χ1v) is 11.5. The van der Waals surface area contributed by atoms with Crippen LogP contribution in [-0.4, -0.2) is 54.7 Å². The molecule has 0 saturated carbocycles. The Morgan fingerprint density at radius 2 is 1.78 bits per heavy atom. The van der Waals surface area contributed by atoms with Crippen molar-refractivity contribution in [2.45, 2.75) is 38.6 Å². The van der Waals surface area contributed by atoms with Crippen LogP contribution < -0.4 is 9.64 Å². The highest BCUT2D eigenvalue weighted by molar-refractivity contribution is 6.33. The molecule has 2 saturated heterocycles. The fourth-order valence-corrected chi connectivity index (χ4v) is 5.00. The van der Waals surface area contributed by atoms with Crippen LogP contribution >= 0.6 is 11.6 Å². The number of rotatable bonds is 5. The van der Waals surface area contributed by atoms with Gasteiger partial charge in [0.05, 0.1) is 12.8 Å². The number of benzene rings is 2. The van der Waals surface area contributed by atoms with Crippen LogP contribution in [0.25, 0.3) is 11.1 Å². The molecule has 2 aliphatic heterocycles. The zero-order chi connectivity index (χ0) is 22.8. The van der Waals surface area contributed by atoms with Crippen LogP contribution in [0.5, 0.6) is 5.75 Å². The average molecular weight is 457 g/mol. The molecule has 6 nitrogen and oxygen atoms in total. The van der Waals surface area contributed by atoms with Crippen molar-refractivity contribution in [1.29, 1.82) is 0 Å². The van der Waals surface area contributed by atoms with E-state index < -0.39 is 12.0 Å². The van der Waals surface area contributed by atoms with Crippen molar-refractivity contribution in [3.8, 4) is 16.9 Å². The Bertz CT molecular complexity index is 1020. The van der Waals surface area contributed by atoms with Crippen LogP contribution in [0.2, 0.25) is 5.02 Å². The molecular weight excluding hydrogens is 428 g/mol. The Hall–Kier alpha value is -2.73. The Morgan fingerprint density at radius 3 is 2.44 bits per heavy atom. The van der Waals surface area contributed by atoms with Gasteiger partial charge in [-0.25, -0.2) is 4.79 Å². The predicted octanol–water partition coefficient (Wildman–Crippen LogP) is 4.94. The van der Waals surface area contributed by atoms with Crippen LogP contribution in [0.3, 0.4) is 0 Å². The standard InChI is InChI=1S/C25H29ClN2O4/c1-16-9-12-27(13-10-16)23-19(18-6-3-4-7-20(18)26)14-17(15-22(23)32-2)24(29)28-11-5-8-21(28)25(30)31/h3-4,6-7,14-16,21H,5,8-13H2,1-2H3,(H,30,31). The van der Waals surface area contributed by atoms with E-state index in [1.54, 1.807) is 13.2 Å². The summed E-state index contributed by atoms with van der Waals surface area (Å²) in [4.78, 5) is 28.8. The number of methoxy groups -OCH3 is 1. The fourth-order valence-electron chi connectivity index (χ4n) is 4.76. The van der Waals surface area contributed by atoms with Gasteiger partial charge in [0.25, 0.3) is 5.91 Å². The number of hydrogen-bond donors (Lipinski definition) is 1. The number of hydrogen-bond acceptors (Lipinski definition) is 4. The van der Waals surface area contributed by atoms with Crippen molar-refractivity contribution >= 4 is 29.2 Å². The number of amides is 1. The molecule has 7 heteroatoms. The normalized spacial score (nSPS) is 19.3.